The highest BCUT2D eigenvalue weighted by Gasteiger charge is 2.09. The molecule has 0 bridgehead atoms. The largest absolute Gasteiger partial charge is 0.326 e. The van der Waals surface area contributed by atoms with Gasteiger partial charge in [-0.2, -0.15) is 0 Å². The fourth-order valence-electron chi connectivity index (χ4n) is 2.03. The SMILES string of the molecule is CCCc1ccccc1NC(=O)CC(C)NCC. The van der Waals surface area contributed by atoms with Crippen molar-refractivity contribution >= 4 is 11.6 Å². The molecule has 2 N–H and O–H groups in total. The number of hydrogen-bond acceptors (Lipinski definition) is 2. The fourth-order valence-corrected chi connectivity index (χ4v) is 2.03. The number of hydrogen-bond donors (Lipinski definition) is 2. The van der Waals surface area contributed by atoms with Gasteiger partial charge in [0.25, 0.3) is 0 Å². The molecule has 0 aliphatic rings. The smallest absolute Gasteiger partial charge is 0.225 e. The molecular formula is C15H24N2O. The number of para-hydroxylation sites is 1. The molecule has 18 heavy (non-hydrogen) atoms. The zero-order chi connectivity index (χ0) is 13.4. The summed E-state index contributed by atoms with van der Waals surface area (Å²) in [6.45, 7) is 7.11. The third-order valence-electron chi connectivity index (χ3n) is 2.85. The molecule has 0 aliphatic heterocycles. The Balaban J connectivity index is 2.58. The van der Waals surface area contributed by atoms with Gasteiger partial charge >= 0.3 is 0 Å². The summed E-state index contributed by atoms with van der Waals surface area (Å²) in [5.74, 6) is 0.0759. The van der Waals surface area contributed by atoms with Gasteiger partial charge in [-0.05, 0) is 31.5 Å². The molecule has 1 aromatic carbocycles. The van der Waals surface area contributed by atoms with Crippen LogP contribution in [-0.4, -0.2) is 18.5 Å². The van der Waals surface area contributed by atoms with Gasteiger partial charge in [0.1, 0.15) is 0 Å². The zero-order valence-electron chi connectivity index (χ0n) is 11.6. The second-order valence-electron chi connectivity index (χ2n) is 4.62. The summed E-state index contributed by atoms with van der Waals surface area (Å²) < 4.78 is 0. The third-order valence-corrected chi connectivity index (χ3v) is 2.85. The first kappa shape index (κ1) is 14.7. The first-order valence-electron chi connectivity index (χ1n) is 6.78. The molecule has 0 fully saturated rings. The van der Waals surface area contributed by atoms with Crippen LogP contribution >= 0.6 is 0 Å². The number of carbonyl (C=O) groups excluding carboxylic acids is 1. The van der Waals surface area contributed by atoms with Gasteiger partial charge in [0, 0.05) is 18.2 Å². The van der Waals surface area contributed by atoms with Crippen molar-refractivity contribution in [3.63, 3.8) is 0 Å². The molecule has 1 rings (SSSR count). The van der Waals surface area contributed by atoms with Gasteiger partial charge in [-0.15, -0.1) is 0 Å². The highest BCUT2D eigenvalue weighted by Crippen LogP contribution is 2.17. The van der Waals surface area contributed by atoms with E-state index in [0.29, 0.717) is 6.42 Å². The van der Waals surface area contributed by atoms with E-state index in [-0.39, 0.29) is 11.9 Å². The maximum Gasteiger partial charge on any atom is 0.225 e. The van der Waals surface area contributed by atoms with Gasteiger partial charge in [0.2, 0.25) is 5.91 Å². The predicted octanol–water partition coefficient (Wildman–Crippen LogP) is 2.97. The molecule has 0 saturated heterocycles. The van der Waals surface area contributed by atoms with Gasteiger partial charge in [-0.25, -0.2) is 0 Å². The summed E-state index contributed by atoms with van der Waals surface area (Å²) in [6.07, 6.45) is 2.59. The number of carbonyl (C=O) groups is 1. The lowest BCUT2D eigenvalue weighted by atomic mass is 10.1. The van der Waals surface area contributed by atoms with Crippen molar-refractivity contribution in [1.29, 1.82) is 0 Å². The van der Waals surface area contributed by atoms with Crippen molar-refractivity contribution in [3.05, 3.63) is 29.8 Å². The second-order valence-corrected chi connectivity index (χ2v) is 4.62. The zero-order valence-corrected chi connectivity index (χ0v) is 11.6. The molecule has 0 aliphatic carbocycles. The van der Waals surface area contributed by atoms with Crippen LogP contribution in [0.25, 0.3) is 0 Å². The van der Waals surface area contributed by atoms with Crippen LogP contribution in [0.5, 0.6) is 0 Å². The first-order valence-corrected chi connectivity index (χ1v) is 6.78. The molecule has 0 saturated carbocycles. The van der Waals surface area contributed by atoms with Gasteiger partial charge < -0.3 is 10.6 Å². The molecule has 3 heteroatoms. The Morgan fingerprint density at radius 1 is 1.28 bits per heavy atom. The van der Waals surface area contributed by atoms with Gasteiger partial charge in [-0.3, -0.25) is 4.79 Å². The van der Waals surface area contributed by atoms with E-state index < -0.39 is 0 Å². The molecule has 0 spiro atoms. The van der Waals surface area contributed by atoms with Crippen molar-refractivity contribution in [3.8, 4) is 0 Å². The van der Waals surface area contributed by atoms with E-state index in [9.17, 15) is 4.79 Å². The van der Waals surface area contributed by atoms with Gasteiger partial charge in [0.05, 0.1) is 0 Å². The predicted molar refractivity (Wildman–Crippen MR) is 76.8 cm³/mol. The molecule has 0 radical (unpaired) electrons. The van der Waals surface area contributed by atoms with Gasteiger partial charge in [-0.1, -0.05) is 38.5 Å². The number of rotatable bonds is 7. The van der Waals surface area contributed by atoms with Crippen LogP contribution in [0.1, 0.15) is 39.2 Å². The van der Waals surface area contributed by atoms with Crippen LogP contribution in [0.2, 0.25) is 0 Å². The Morgan fingerprint density at radius 3 is 2.67 bits per heavy atom. The van der Waals surface area contributed by atoms with Crippen LogP contribution in [0.15, 0.2) is 24.3 Å². The van der Waals surface area contributed by atoms with E-state index >= 15 is 0 Å². The summed E-state index contributed by atoms with van der Waals surface area (Å²) in [5, 5.41) is 6.25. The Hall–Kier alpha value is -1.35. The lowest BCUT2D eigenvalue weighted by Crippen LogP contribution is -2.30. The van der Waals surface area contributed by atoms with Crippen LogP contribution < -0.4 is 10.6 Å². The first-order chi connectivity index (χ1) is 8.67. The summed E-state index contributed by atoms with van der Waals surface area (Å²) in [4.78, 5) is 11.9. The van der Waals surface area contributed by atoms with Crippen LogP contribution in [0.4, 0.5) is 5.69 Å². The lowest BCUT2D eigenvalue weighted by molar-refractivity contribution is -0.116. The van der Waals surface area contributed by atoms with Crippen molar-refractivity contribution in [1.82, 2.24) is 5.32 Å². The topological polar surface area (TPSA) is 41.1 Å². The van der Waals surface area contributed by atoms with Gasteiger partial charge in [0.15, 0.2) is 0 Å². The summed E-state index contributed by atoms with van der Waals surface area (Å²) >= 11 is 0. The molecule has 1 aromatic rings. The van der Waals surface area contributed by atoms with Crippen LogP contribution in [0, 0.1) is 0 Å². The molecule has 1 unspecified atom stereocenters. The highest BCUT2D eigenvalue weighted by molar-refractivity contribution is 5.91. The lowest BCUT2D eigenvalue weighted by Gasteiger charge is -2.14. The number of benzene rings is 1. The average Bonchev–Trinajstić information content (AvgIpc) is 2.32. The second kappa shape index (κ2) is 7.88. The van der Waals surface area contributed by atoms with E-state index in [1.165, 1.54) is 5.56 Å². The quantitative estimate of drug-likeness (QED) is 0.779. The Morgan fingerprint density at radius 2 is 2.00 bits per heavy atom. The Labute approximate surface area is 110 Å². The van der Waals surface area contributed by atoms with E-state index in [0.717, 1.165) is 25.1 Å². The number of anilines is 1. The maximum absolute atomic E-state index is 11.9. The third kappa shape index (κ3) is 4.88. The molecule has 3 nitrogen and oxygen atoms in total. The highest BCUT2D eigenvalue weighted by atomic mass is 16.1. The molecular weight excluding hydrogens is 224 g/mol. The van der Waals surface area contributed by atoms with E-state index in [2.05, 4.69) is 23.6 Å². The summed E-state index contributed by atoms with van der Waals surface area (Å²) in [7, 11) is 0. The monoisotopic (exact) mass is 248 g/mol. The molecule has 100 valence electrons. The fraction of sp³-hybridized carbons (Fsp3) is 0.533. The standard InChI is InChI=1S/C15H24N2O/c1-4-8-13-9-6-7-10-14(13)17-15(18)11-12(3)16-5-2/h6-7,9-10,12,16H,4-5,8,11H2,1-3H3,(H,17,18). The Bertz CT molecular complexity index is 377. The van der Waals surface area contributed by atoms with Crippen LogP contribution in [0.3, 0.4) is 0 Å². The van der Waals surface area contributed by atoms with Crippen molar-refractivity contribution in [2.24, 2.45) is 0 Å². The van der Waals surface area contributed by atoms with Crippen molar-refractivity contribution in [2.45, 2.75) is 46.1 Å². The number of amides is 1. The van der Waals surface area contributed by atoms with E-state index in [4.69, 9.17) is 0 Å². The molecule has 1 atom stereocenters. The summed E-state index contributed by atoms with van der Waals surface area (Å²) in [5.41, 5.74) is 2.16. The Kier molecular flexibility index (Phi) is 6.44. The van der Waals surface area contributed by atoms with Crippen LogP contribution in [-0.2, 0) is 11.2 Å². The normalized spacial score (nSPS) is 12.2. The minimum Gasteiger partial charge on any atom is -0.326 e. The minimum atomic E-state index is 0.0759. The molecule has 0 heterocycles. The van der Waals surface area contributed by atoms with Crippen molar-refractivity contribution < 1.29 is 4.79 Å². The van der Waals surface area contributed by atoms with E-state index in [1.807, 2.05) is 32.0 Å². The maximum atomic E-state index is 11.9. The van der Waals surface area contributed by atoms with E-state index in [1.54, 1.807) is 0 Å². The minimum absolute atomic E-state index is 0.0759. The average molecular weight is 248 g/mol. The van der Waals surface area contributed by atoms with Crippen molar-refractivity contribution in [2.75, 3.05) is 11.9 Å². The molecule has 0 aromatic heterocycles. The number of aryl methyl sites for hydroxylation is 1. The summed E-state index contributed by atoms with van der Waals surface area (Å²) in [6, 6.07) is 8.24. The molecule has 1 amide bonds. The number of nitrogens with one attached hydrogen (secondary N) is 2.